The lowest BCUT2D eigenvalue weighted by molar-refractivity contribution is 0.0226. The second kappa shape index (κ2) is 9.16. The molecule has 0 bridgehead atoms. The molecule has 1 aromatic carbocycles. The van der Waals surface area contributed by atoms with Gasteiger partial charge in [-0.05, 0) is 31.5 Å². The van der Waals surface area contributed by atoms with E-state index in [1.54, 1.807) is 0 Å². The molecule has 3 rings (SSSR count). The van der Waals surface area contributed by atoms with E-state index in [1.807, 2.05) is 0 Å². The van der Waals surface area contributed by atoms with Crippen LogP contribution in [0.15, 0.2) is 33.5 Å². The third kappa shape index (κ3) is 5.20. The van der Waals surface area contributed by atoms with Crippen LogP contribution in [-0.2, 0) is 24.0 Å². The van der Waals surface area contributed by atoms with Gasteiger partial charge in [-0.25, -0.2) is 14.9 Å². The summed E-state index contributed by atoms with van der Waals surface area (Å²) in [5, 5.41) is 20.0. The zero-order valence-electron chi connectivity index (χ0n) is 18.2. The minimum atomic E-state index is -1.30. The monoisotopic (exact) mass is 460 g/mol. The molecule has 2 heterocycles. The topological polar surface area (TPSA) is 161 Å². The molecule has 0 atom stereocenters. The second-order valence-corrected chi connectivity index (χ2v) is 7.55. The summed E-state index contributed by atoms with van der Waals surface area (Å²) in [6, 6.07) is 5.38. The van der Waals surface area contributed by atoms with Gasteiger partial charge in [-0.2, -0.15) is 0 Å². The molecule has 0 aliphatic carbocycles. The highest BCUT2D eigenvalue weighted by atomic mass is 19.1. The highest BCUT2D eigenvalue weighted by Crippen LogP contribution is 2.20. The number of hydroxylamine groups is 1. The van der Waals surface area contributed by atoms with E-state index in [-0.39, 0.29) is 24.2 Å². The lowest BCUT2D eigenvalue weighted by atomic mass is 10.0. The number of carbonyl (C=O) groups excluding carboxylic acids is 2. The first kappa shape index (κ1) is 23.5. The van der Waals surface area contributed by atoms with Gasteiger partial charge in [-0.3, -0.25) is 23.8 Å². The van der Waals surface area contributed by atoms with Gasteiger partial charge in [0.05, 0.1) is 12.1 Å². The number of carbonyl (C=O) groups is 2. The normalized spacial score (nSPS) is 11.3. The Bertz CT molecular complexity index is 1250. The van der Waals surface area contributed by atoms with E-state index in [0.717, 1.165) is 4.57 Å². The number of aromatic hydroxyl groups is 1. The van der Waals surface area contributed by atoms with E-state index in [2.05, 4.69) is 26.0 Å². The quantitative estimate of drug-likeness (QED) is 0.434. The number of aryl methyl sites for hydroxylation is 1. The van der Waals surface area contributed by atoms with Crippen molar-refractivity contribution in [1.82, 2.24) is 30.5 Å². The number of rotatable bonds is 7. The fourth-order valence-electron chi connectivity index (χ4n) is 2.90. The van der Waals surface area contributed by atoms with E-state index in [0.29, 0.717) is 5.56 Å². The van der Waals surface area contributed by atoms with Crippen LogP contribution in [0.5, 0.6) is 5.75 Å². The molecule has 0 radical (unpaired) electrons. The number of aromatic nitrogens is 4. The molecule has 0 fully saturated rings. The summed E-state index contributed by atoms with van der Waals surface area (Å²) < 4.78 is 19.0. The fraction of sp³-hybridized carbons (Fsp3) is 0.300. The molecule has 3 aromatic rings. The van der Waals surface area contributed by atoms with Gasteiger partial charge >= 0.3 is 11.8 Å². The largest absolute Gasteiger partial charge is 0.501 e. The standard InChI is InChI=1S/C20H21FN6O6/c1-10-24-25-17(33-10)16(30)23-20(2,3)19-22-13(14(28)18(31)27(19)4)15(29)26-32-9-11-5-7-12(21)8-6-11/h5-8,28H,9H2,1-4H3,(H,23,30)(H,26,29). The SMILES string of the molecule is Cc1nnc(C(=O)NC(C)(C)c2nc(C(=O)NOCc3ccc(F)cc3)c(O)c(=O)n2C)o1. The van der Waals surface area contributed by atoms with Crippen molar-refractivity contribution in [3.8, 4) is 5.75 Å². The van der Waals surface area contributed by atoms with Gasteiger partial charge in [0, 0.05) is 14.0 Å². The summed E-state index contributed by atoms with van der Waals surface area (Å²) >= 11 is 0. The number of hydrogen-bond acceptors (Lipinski definition) is 9. The molecule has 0 saturated heterocycles. The molecule has 2 amide bonds. The Balaban J connectivity index is 1.81. The smallest absolute Gasteiger partial charge is 0.309 e. The molecule has 0 saturated carbocycles. The van der Waals surface area contributed by atoms with Crippen LogP contribution in [0.25, 0.3) is 0 Å². The summed E-state index contributed by atoms with van der Waals surface area (Å²) in [4.78, 5) is 46.6. The molecule has 13 heteroatoms. The van der Waals surface area contributed by atoms with Gasteiger partial charge in [-0.1, -0.05) is 12.1 Å². The van der Waals surface area contributed by atoms with Gasteiger partial charge in [0.2, 0.25) is 11.6 Å². The minimum absolute atomic E-state index is 0.0430. The van der Waals surface area contributed by atoms with Crippen LogP contribution in [0, 0.1) is 12.7 Å². The predicted octanol–water partition coefficient (Wildman–Crippen LogP) is 0.843. The highest BCUT2D eigenvalue weighted by molar-refractivity contribution is 5.94. The van der Waals surface area contributed by atoms with Crippen molar-refractivity contribution in [3.63, 3.8) is 0 Å². The molecule has 0 aliphatic heterocycles. The zero-order valence-corrected chi connectivity index (χ0v) is 18.2. The van der Waals surface area contributed by atoms with Crippen LogP contribution < -0.4 is 16.4 Å². The van der Waals surface area contributed by atoms with Crippen molar-refractivity contribution in [2.75, 3.05) is 0 Å². The first-order valence-electron chi connectivity index (χ1n) is 9.59. The van der Waals surface area contributed by atoms with Gasteiger partial charge in [0.25, 0.3) is 11.5 Å². The number of nitrogens with one attached hydrogen (secondary N) is 2. The predicted molar refractivity (Wildman–Crippen MR) is 109 cm³/mol. The lowest BCUT2D eigenvalue weighted by Gasteiger charge is -2.27. The van der Waals surface area contributed by atoms with Crippen LogP contribution in [0.1, 0.15) is 52.3 Å². The molecule has 3 N–H and O–H groups in total. The first-order chi connectivity index (χ1) is 15.5. The van der Waals surface area contributed by atoms with E-state index >= 15 is 0 Å². The second-order valence-electron chi connectivity index (χ2n) is 7.55. The minimum Gasteiger partial charge on any atom is -0.501 e. The summed E-state index contributed by atoms with van der Waals surface area (Å²) in [6.45, 7) is 4.47. The summed E-state index contributed by atoms with van der Waals surface area (Å²) in [6.07, 6.45) is 0. The maximum absolute atomic E-state index is 13.0. The summed E-state index contributed by atoms with van der Waals surface area (Å²) in [5.41, 5.74) is -0.184. The Morgan fingerprint density at radius 1 is 1.21 bits per heavy atom. The van der Waals surface area contributed by atoms with Gasteiger partial charge in [-0.15, -0.1) is 10.2 Å². The maximum Gasteiger partial charge on any atom is 0.309 e. The average Bonchev–Trinajstić information content (AvgIpc) is 3.19. The Hall–Kier alpha value is -4.13. The van der Waals surface area contributed by atoms with E-state index in [9.17, 15) is 23.9 Å². The van der Waals surface area contributed by atoms with Crippen molar-refractivity contribution in [2.45, 2.75) is 32.9 Å². The third-order valence-electron chi connectivity index (χ3n) is 4.50. The molecule has 0 spiro atoms. The number of benzene rings is 1. The molecule has 0 aliphatic rings. The molecule has 33 heavy (non-hydrogen) atoms. The Kier molecular flexibility index (Phi) is 6.53. The average molecular weight is 460 g/mol. The Morgan fingerprint density at radius 3 is 2.48 bits per heavy atom. The van der Waals surface area contributed by atoms with Crippen LogP contribution in [-0.4, -0.2) is 36.7 Å². The van der Waals surface area contributed by atoms with E-state index in [4.69, 9.17) is 9.25 Å². The highest BCUT2D eigenvalue weighted by Gasteiger charge is 2.32. The van der Waals surface area contributed by atoms with Crippen LogP contribution >= 0.6 is 0 Å². The van der Waals surface area contributed by atoms with Crippen molar-refractivity contribution < 1.29 is 28.3 Å². The molecular formula is C20H21FN6O6. The number of halogens is 1. The third-order valence-corrected chi connectivity index (χ3v) is 4.50. The van der Waals surface area contributed by atoms with Gasteiger partial charge < -0.3 is 14.8 Å². The van der Waals surface area contributed by atoms with Crippen LogP contribution in [0.3, 0.4) is 0 Å². The van der Waals surface area contributed by atoms with Crippen molar-refractivity contribution in [2.24, 2.45) is 7.05 Å². The van der Waals surface area contributed by atoms with Crippen molar-refractivity contribution >= 4 is 11.8 Å². The maximum atomic E-state index is 13.0. The molecular weight excluding hydrogens is 439 g/mol. The lowest BCUT2D eigenvalue weighted by Crippen LogP contribution is -2.46. The van der Waals surface area contributed by atoms with Crippen LogP contribution in [0.4, 0.5) is 4.39 Å². The summed E-state index contributed by atoms with van der Waals surface area (Å²) in [7, 11) is 1.32. The van der Waals surface area contributed by atoms with Gasteiger partial charge in [0.1, 0.15) is 11.6 Å². The van der Waals surface area contributed by atoms with Gasteiger partial charge in [0.15, 0.2) is 5.69 Å². The van der Waals surface area contributed by atoms with Crippen molar-refractivity contribution in [3.05, 3.63) is 69.3 Å². The molecule has 12 nitrogen and oxygen atoms in total. The Morgan fingerprint density at radius 2 is 1.88 bits per heavy atom. The fourth-order valence-corrected chi connectivity index (χ4v) is 2.90. The molecule has 174 valence electrons. The number of hydrogen-bond donors (Lipinski definition) is 3. The van der Waals surface area contributed by atoms with Crippen LogP contribution in [0.2, 0.25) is 0 Å². The summed E-state index contributed by atoms with van der Waals surface area (Å²) in [5.74, 6) is -3.20. The number of nitrogens with zero attached hydrogens (tertiary/aromatic N) is 4. The Labute approximate surface area is 186 Å². The molecule has 2 aromatic heterocycles. The molecule has 0 unspecified atom stereocenters. The van der Waals surface area contributed by atoms with E-state index in [1.165, 1.54) is 52.1 Å². The zero-order chi connectivity index (χ0) is 24.3. The first-order valence-corrected chi connectivity index (χ1v) is 9.59. The van der Waals surface area contributed by atoms with Crippen molar-refractivity contribution in [1.29, 1.82) is 0 Å². The number of amides is 2. The van der Waals surface area contributed by atoms with E-state index < -0.39 is 40.2 Å².